The highest BCUT2D eigenvalue weighted by Gasteiger charge is 2.42. The van der Waals surface area contributed by atoms with Gasteiger partial charge in [0.25, 0.3) is 5.91 Å². The van der Waals surface area contributed by atoms with E-state index in [9.17, 15) is 9.59 Å². The summed E-state index contributed by atoms with van der Waals surface area (Å²) < 4.78 is 11.7. The molecule has 1 aliphatic rings. The van der Waals surface area contributed by atoms with Crippen LogP contribution in [0.15, 0.2) is 57.7 Å². The Bertz CT molecular complexity index is 1150. The molecule has 2 heterocycles. The molecule has 1 amide bonds. The van der Waals surface area contributed by atoms with Crippen molar-refractivity contribution in [1.29, 1.82) is 0 Å². The Morgan fingerprint density at radius 1 is 1.06 bits per heavy atom. The fourth-order valence-corrected chi connectivity index (χ4v) is 4.10. The lowest BCUT2D eigenvalue weighted by Crippen LogP contribution is -2.32. The molecule has 6 nitrogen and oxygen atoms in total. The number of hydrogen-bond donors (Lipinski definition) is 0. The molecule has 0 spiro atoms. The van der Waals surface area contributed by atoms with Crippen LogP contribution in [-0.4, -0.2) is 49.0 Å². The van der Waals surface area contributed by atoms with Crippen molar-refractivity contribution >= 4 is 16.9 Å². The van der Waals surface area contributed by atoms with E-state index in [0.29, 0.717) is 23.1 Å². The van der Waals surface area contributed by atoms with E-state index in [-0.39, 0.29) is 23.2 Å². The Hall–Kier alpha value is -3.12. The highest BCUT2D eigenvalue weighted by atomic mass is 16.5. The minimum absolute atomic E-state index is 0.0700. The van der Waals surface area contributed by atoms with E-state index in [4.69, 9.17) is 9.15 Å². The van der Waals surface area contributed by atoms with Gasteiger partial charge in [0.2, 0.25) is 5.76 Å². The minimum atomic E-state index is -0.474. The molecule has 0 aliphatic carbocycles. The second-order valence-corrected chi connectivity index (χ2v) is 8.46. The first kappa shape index (κ1) is 21.1. The minimum Gasteiger partial charge on any atom is -0.491 e. The van der Waals surface area contributed by atoms with Crippen molar-refractivity contribution in [3.8, 4) is 5.75 Å². The van der Waals surface area contributed by atoms with Gasteiger partial charge in [-0.3, -0.25) is 9.59 Å². The van der Waals surface area contributed by atoms with Crippen LogP contribution in [0.4, 0.5) is 0 Å². The summed E-state index contributed by atoms with van der Waals surface area (Å²) in [4.78, 5) is 30.6. The van der Waals surface area contributed by atoms with Crippen molar-refractivity contribution in [2.24, 2.45) is 0 Å². The lowest BCUT2D eigenvalue weighted by atomic mass is 9.98. The molecule has 1 unspecified atom stereocenters. The molecule has 1 atom stereocenters. The number of para-hydroxylation sites is 1. The van der Waals surface area contributed by atoms with Gasteiger partial charge >= 0.3 is 0 Å². The van der Waals surface area contributed by atoms with Crippen molar-refractivity contribution in [1.82, 2.24) is 9.80 Å². The zero-order valence-corrected chi connectivity index (χ0v) is 18.4. The Morgan fingerprint density at radius 2 is 1.77 bits per heavy atom. The average molecular weight is 421 g/mol. The molecule has 0 radical (unpaired) electrons. The lowest BCUT2D eigenvalue weighted by Gasteiger charge is -2.26. The quantitative estimate of drug-likeness (QED) is 0.576. The number of carbonyl (C=O) groups is 1. The van der Waals surface area contributed by atoms with E-state index in [1.807, 2.05) is 58.3 Å². The fourth-order valence-electron chi connectivity index (χ4n) is 4.10. The summed E-state index contributed by atoms with van der Waals surface area (Å²) in [5.41, 5.74) is 1.59. The standard InChI is InChI=1S/C25H28N2O4/c1-16(2)30-18-12-10-17(11-13-18)22-21-23(28)19-8-5-6-9-20(19)31-24(21)25(29)27(22)15-7-14-26(3)4/h5-6,8-13,16,22H,7,14-15H2,1-4H3. The predicted octanol–water partition coefficient (Wildman–Crippen LogP) is 4.08. The van der Waals surface area contributed by atoms with E-state index in [1.54, 1.807) is 23.1 Å². The molecule has 1 aliphatic heterocycles. The van der Waals surface area contributed by atoms with Crippen LogP contribution in [-0.2, 0) is 0 Å². The summed E-state index contributed by atoms with van der Waals surface area (Å²) in [5.74, 6) is 0.679. The van der Waals surface area contributed by atoms with Crippen molar-refractivity contribution in [2.75, 3.05) is 27.2 Å². The lowest BCUT2D eigenvalue weighted by molar-refractivity contribution is 0.0722. The van der Waals surface area contributed by atoms with Gasteiger partial charge in [0.15, 0.2) is 5.43 Å². The van der Waals surface area contributed by atoms with Gasteiger partial charge in [0.1, 0.15) is 11.3 Å². The Labute approximate surface area is 182 Å². The first-order chi connectivity index (χ1) is 14.9. The topological polar surface area (TPSA) is 63.0 Å². The number of ether oxygens (including phenoxy) is 1. The van der Waals surface area contributed by atoms with Crippen LogP contribution in [0.2, 0.25) is 0 Å². The largest absolute Gasteiger partial charge is 0.491 e. The number of benzene rings is 2. The van der Waals surface area contributed by atoms with Crippen LogP contribution in [0.25, 0.3) is 11.0 Å². The second kappa shape index (κ2) is 8.55. The maximum absolute atomic E-state index is 13.4. The molecule has 162 valence electrons. The van der Waals surface area contributed by atoms with Gasteiger partial charge in [-0.15, -0.1) is 0 Å². The van der Waals surface area contributed by atoms with Crippen molar-refractivity contribution in [3.63, 3.8) is 0 Å². The van der Waals surface area contributed by atoms with Crippen LogP contribution < -0.4 is 10.2 Å². The Morgan fingerprint density at radius 3 is 2.45 bits per heavy atom. The normalized spacial score (nSPS) is 15.9. The van der Waals surface area contributed by atoms with Gasteiger partial charge in [-0.2, -0.15) is 0 Å². The molecule has 4 rings (SSSR count). The zero-order chi connectivity index (χ0) is 22.1. The number of carbonyl (C=O) groups excluding carboxylic acids is 1. The van der Waals surface area contributed by atoms with Gasteiger partial charge in [-0.05, 0) is 70.7 Å². The molecular weight excluding hydrogens is 392 g/mol. The Kier molecular flexibility index (Phi) is 5.83. The summed E-state index contributed by atoms with van der Waals surface area (Å²) in [6.07, 6.45) is 0.867. The fraction of sp³-hybridized carbons (Fsp3) is 0.360. The zero-order valence-electron chi connectivity index (χ0n) is 18.4. The SMILES string of the molecule is CC(C)Oc1ccc(C2c3c(oc4ccccc4c3=O)C(=O)N2CCCN(C)C)cc1. The molecule has 0 saturated heterocycles. The first-order valence-corrected chi connectivity index (χ1v) is 10.6. The Balaban J connectivity index is 1.80. The maximum Gasteiger partial charge on any atom is 0.290 e. The van der Waals surface area contributed by atoms with Crippen LogP contribution in [0, 0.1) is 0 Å². The number of rotatable bonds is 7. The predicted molar refractivity (Wildman–Crippen MR) is 121 cm³/mol. The molecule has 1 aromatic heterocycles. The van der Waals surface area contributed by atoms with Crippen LogP contribution in [0.3, 0.4) is 0 Å². The molecule has 6 heteroatoms. The third kappa shape index (κ3) is 4.08. The van der Waals surface area contributed by atoms with Crippen LogP contribution in [0.5, 0.6) is 5.75 Å². The molecule has 31 heavy (non-hydrogen) atoms. The summed E-state index contributed by atoms with van der Waals surface area (Å²) in [5, 5.41) is 0.494. The van der Waals surface area contributed by atoms with Gasteiger partial charge in [0.05, 0.1) is 23.1 Å². The van der Waals surface area contributed by atoms with Crippen molar-refractivity contribution < 1.29 is 13.9 Å². The molecule has 0 bridgehead atoms. The van der Waals surface area contributed by atoms with E-state index < -0.39 is 6.04 Å². The number of hydrogen-bond acceptors (Lipinski definition) is 5. The third-order valence-electron chi connectivity index (χ3n) is 5.45. The van der Waals surface area contributed by atoms with Gasteiger partial charge < -0.3 is 19.0 Å². The van der Waals surface area contributed by atoms with E-state index in [1.165, 1.54) is 0 Å². The van der Waals surface area contributed by atoms with Gasteiger partial charge in [0, 0.05) is 6.54 Å². The average Bonchev–Trinajstić information content (AvgIpc) is 3.00. The third-order valence-corrected chi connectivity index (χ3v) is 5.45. The monoisotopic (exact) mass is 420 g/mol. The van der Waals surface area contributed by atoms with Gasteiger partial charge in [-0.25, -0.2) is 0 Å². The molecule has 2 aromatic carbocycles. The maximum atomic E-state index is 13.4. The van der Waals surface area contributed by atoms with E-state index in [2.05, 4.69) is 4.90 Å². The van der Waals surface area contributed by atoms with Crippen LogP contribution in [0.1, 0.15) is 48.0 Å². The molecular formula is C25H28N2O4. The molecule has 0 fully saturated rings. The van der Waals surface area contributed by atoms with E-state index >= 15 is 0 Å². The summed E-state index contributed by atoms with van der Waals surface area (Å²) >= 11 is 0. The van der Waals surface area contributed by atoms with Crippen LogP contribution >= 0.6 is 0 Å². The van der Waals surface area contributed by atoms with E-state index in [0.717, 1.165) is 24.3 Å². The number of amides is 1. The molecule has 0 N–H and O–H groups in total. The molecule has 3 aromatic rings. The smallest absolute Gasteiger partial charge is 0.290 e. The van der Waals surface area contributed by atoms with Crippen molar-refractivity contribution in [2.45, 2.75) is 32.4 Å². The highest BCUT2D eigenvalue weighted by Crippen LogP contribution is 2.38. The first-order valence-electron chi connectivity index (χ1n) is 10.6. The second-order valence-electron chi connectivity index (χ2n) is 8.46. The number of fused-ring (bicyclic) bond motifs is 2. The summed E-state index contributed by atoms with van der Waals surface area (Å²) in [6, 6.07) is 14.2. The highest BCUT2D eigenvalue weighted by molar-refractivity contribution is 5.99. The number of nitrogens with zero attached hydrogens (tertiary/aromatic N) is 2. The summed E-state index contributed by atoms with van der Waals surface area (Å²) in [6.45, 7) is 5.33. The molecule has 0 saturated carbocycles. The van der Waals surface area contributed by atoms with Gasteiger partial charge in [-0.1, -0.05) is 24.3 Å². The summed E-state index contributed by atoms with van der Waals surface area (Å²) in [7, 11) is 4.01. The van der Waals surface area contributed by atoms with Crippen molar-refractivity contribution in [3.05, 3.63) is 75.6 Å².